The lowest BCUT2D eigenvalue weighted by Crippen LogP contribution is -2.28. The van der Waals surface area contributed by atoms with Gasteiger partial charge in [-0.2, -0.15) is 10.1 Å². The van der Waals surface area contributed by atoms with Crippen molar-refractivity contribution in [2.24, 2.45) is 17.6 Å². The van der Waals surface area contributed by atoms with Crippen LogP contribution < -0.4 is 11.1 Å². The standard InChI is InChI=1S/C22H29FN6/c1-14(2)11-25-22-26-12-19-20(16-5-7-17(23)8-6-16)28-29(21(19)27-22)13-15-3-9-18(24)10-4-15/h5-8,12,14-15,18H,3-4,9-11,13,24H2,1-2H3,(H,25,26,27). The molecule has 0 aliphatic heterocycles. The zero-order valence-corrected chi connectivity index (χ0v) is 17.1. The van der Waals surface area contributed by atoms with Crippen molar-refractivity contribution in [1.29, 1.82) is 0 Å². The smallest absolute Gasteiger partial charge is 0.224 e. The van der Waals surface area contributed by atoms with Crippen molar-refractivity contribution in [3.05, 3.63) is 36.3 Å². The number of nitrogens with one attached hydrogen (secondary N) is 1. The van der Waals surface area contributed by atoms with Gasteiger partial charge in [0.1, 0.15) is 11.5 Å². The van der Waals surface area contributed by atoms with Crippen LogP contribution in [0.25, 0.3) is 22.3 Å². The van der Waals surface area contributed by atoms with Gasteiger partial charge in [-0.25, -0.2) is 14.1 Å². The number of hydrogen-bond donors (Lipinski definition) is 2. The first-order valence-electron chi connectivity index (χ1n) is 10.5. The fraction of sp³-hybridized carbons (Fsp3) is 0.500. The second-order valence-electron chi connectivity index (χ2n) is 8.52. The summed E-state index contributed by atoms with van der Waals surface area (Å²) >= 11 is 0. The summed E-state index contributed by atoms with van der Waals surface area (Å²) in [6, 6.07) is 6.76. The summed E-state index contributed by atoms with van der Waals surface area (Å²) in [5, 5.41) is 9.06. The molecule has 7 heteroatoms. The molecule has 0 amide bonds. The lowest BCUT2D eigenvalue weighted by Gasteiger charge is -2.25. The van der Waals surface area contributed by atoms with E-state index in [4.69, 9.17) is 15.8 Å². The number of benzene rings is 1. The number of rotatable bonds is 6. The third-order valence-corrected chi connectivity index (χ3v) is 5.60. The summed E-state index contributed by atoms with van der Waals surface area (Å²) in [4.78, 5) is 9.26. The molecule has 1 aliphatic carbocycles. The van der Waals surface area contributed by atoms with Gasteiger partial charge in [0, 0.05) is 30.9 Å². The number of nitrogens with two attached hydrogens (primary N) is 1. The molecule has 3 aromatic rings. The number of halogens is 1. The third kappa shape index (κ3) is 4.56. The van der Waals surface area contributed by atoms with Gasteiger partial charge in [-0.15, -0.1) is 0 Å². The molecule has 0 atom stereocenters. The fourth-order valence-corrected chi connectivity index (χ4v) is 3.90. The Balaban J connectivity index is 1.70. The van der Waals surface area contributed by atoms with Crippen LogP contribution in [0.5, 0.6) is 0 Å². The van der Waals surface area contributed by atoms with Crippen molar-refractivity contribution in [2.45, 2.75) is 52.1 Å². The Labute approximate surface area is 170 Å². The van der Waals surface area contributed by atoms with Gasteiger partial charge in [-0.3, -0.25) is 0 Å². The molecule has 2 aromatic heterocycles. The van der Waals surface area contributed by atoms with Gasteiger partial charge in [0.25, 0.3) is 0 Å². The average Bonchev–Trinajstić information content (AvgIpc) is 3.06. The fourth-order valence-electron chi connectivity index (χ4n) is 3.90. The van der Waals surface area contributed by atoms with Crippen LogP contribution in [0.1, 0.15) is 39.5 Å². The highest BCUT2D eigenvalue weighted by atomic mass is 19.1. The Morgan fingerprint density at radius 3 is 2.59 bits per heavy atom. The zero-order chi connectivity index (χ0) is 20.4. The molecule has 1 aliphatic rings. The average molecular weight is 397 g/mol. The Kier molecular flexibility index (Phi) is 5.76. The van der Waals surface area contributed by atoms with Crippen molar-refractivity contribution in [2.75, 3.05) is 11.9 Å². The number of hydrogen-bond acceptors (Lipinski definition) is 5. The number of anilines is 1. The molecule has 0 bridgehead atoms. The van der Waals surface area contributed by atoms with E-state index in [1.807, 2.05) is 10.9 Å². The molecule has 0 radical (unpaired) electrons. The first-order valence-corrected chi connectivity index (χ1v) is 10.5. The molecule has 0 spiro atoms. The number of fused-ring (bicyclic) bond motifs is 1. The molecule has 0 saturated heterocycles. The predicted octanol–water partition coefficient (Wildman–Crippen LogP) is 4.22. The minimum Gasteiger partial charge on any atom is -0.354 e. The molecule has 1 fully saturated rings. The predicted molar refractivity (Wildman–Crippen MR) is 114 cm³/mol. The molecule has 6 nitrogen and oxygen atoms in total. The molecule has 1 aromatic carbocycles. The van der Waals surface area contributed by atoms with E-state index in [0.717, 1.165) is 61.1 Å². The van der Waals surface area contributed by atoms with Crippen LogP contribution in [0.4, 0.5) is 10.3 Å². The van der Waals surface area contributed by atoms with Gasteiger partial charge in [0.2, 0.25) is 5.95 Å². The van der Waals surface area contributed by atoms with E-state index in [1.54, 1.807) is 12.1 Å². The molecule has 2 heterocycles. The maximum Gasteiger partial charge on any atom is 0.224 e. The lowest BCUT2D eigenvalue weighted by molar-refractivity contribution is 0.288. The van der Waals surface area contributed by atoms with Crippen LogP contribution >= 0.6 is 0 Å². The summed E-state index contributed by atoms with van der Waals surface area (Å²) in [5.41, 5.74) is 8.55. The normalized spacial score (nSPS) is 19.8. The van der Waals surface area contributed by atoms with Crippen LogP contribution in [0.3, 0.4) is 0 Å². The van der Waals surface area contributed by atoms with E-state index in [9.17, 15) is 4.39 Å². The van der Waals surface area contributed by atoms with E-state index in [1.165, 1.54) is 12.1 Å². The largest absolute Gasteiger partial charge is 0.354 e. The Hall–Kier alpha value is -2.54. The van der Waals surface area contributed by atoms with Crippen LogP contribution in [0, 0.1) is 17.7 Å². The highest BCUT2D eigenvalue weighted by Gasteiger charge is 2.22. The van der Waals surface area contributed by atoms with E-state index in [-0.39, 0.29) is 5.82 Å². The Morgan fingerprint density at radius 1 is 1.17 bits per heavy atom. The maximum absolute atomic E-state index is 13.4. The summed E-state index contributed by atoms with van der Waals surface area (Å²) in [6.07, 6.45) is 6.16. The van der Waals surface area contributed by atoms with Gasteiger partial charge < -0.3 is 11.1 Å². The van der Waals surface area contributed by atoms with Crippen LogP contribution in [-0.2, 0) is 6.54 Å². The van der Waals surface area contributed by atoms with Gasteiger partial charge in [-0.05, 0) is 61.8 Å². The van der Waals surface area contributed by atoms with Gasteiger partial charge in [-0.1, -0.05) is 13.8 Å². The minimum atomic E-state index is -0.257. The topological polar surface area (TPSA) is 81.7 Å². The number of aromatic nitrogens is 4. The SMILES string of the molecule is CC(C)CNc1ncc2c(-c3ccc(F)cc3)nn(CC3CCC(N)CC3)c2n1. The van der Waals surface area contributed by atoms with E-state index < -0.39 is 0 Å². The Morgan fingerprint density at radius 2 is 1.90 bits per heavy atom. The summed E-state index contributed by atoms with van der Waals surface area (Å²) < 4.78 is 15.4. The van der Waals surface area contributed by atoms with Crippen molar-refractivity contribution in [3.63, 3.8) is 0 Å². The van der Waals surface area contributed by atoms with Crippen molar-refractivity contribution in [1.82, 2.24) is 19.7 Å². The highest BCUT2D eigenvalue weighted by Crippen LogP contribution is 2.30. The quantitative estimate of drug-likeness (QED) is 0.652. The molecular formula is C22H29FN6. The summed E-state index contributed by atoms with van der Waals surface area (Å²) in [5.74, 6) is 1.40. The summed E-state index contributed by atoms with van der Waals surface area (Å²) in [7, 11) is 0. The molecule has 1 saturated carbocycles. The van der Waals surface area contributed by atoms with Gasteiger partial charge in [0.15, 0.2) is 5.65 Å². The van der Waals surface area contributed by atoms with Crippen molar-refractivity contribution >= 4 is 17.0 Å². The van der Waals surface area contributed by atoms with Crippen molar-refractivity contribution < 1.29 is 4.39 Å². The third-order valence-electron chi connectivity index (χ3n) is 5.60. The van der Waals surface area contributed by atoms with Gasteiger partial charge >= 0.3 is 0 Å². The van der Waals surface area contributed by atoms with Gasteiger partial charge in [0.05, 0.1) is 5.39 Å². The van der Waals surface area contributed by atoms with E-state index in [0.29, 0.717) is 23.8 Å². The second kappa shape index (κ2) is 8.45. The first-order chi connectivity index (χ1) is 14.0. The summed E-state index contributed by atoms with van der Waals surface area (Å²) in [6.45, 7) is 5.92. The molecule has 154 valence electrons. The monoisotopic (exact) mass is 396 g/mol. The number of nitrogens with zero attached hydrogens (tertiary/aromatic N) is 4. The van der Waals surface area contributed by atoms with E-state index in [2.05, 4.69) is 24.1 Å². The maximum atomic E-state index is 13.4. The van der Waals surface area contributed by atoms with Crippen LogP contribution in [-0.4, -0.2) is 32.3 Å². The molecular weight excluding hydrogens is 367 g/mol. The minimum absolute atomic E-state index is 0.257. The second-order valence-corrected chi connectivity index (χ2v) is 8.52. The first kappa shape index (κ1) is 19.8. The van der Waals surface area contributed by atoms with Crippen LogP contribution in [0.15, 0.2) is 30.5 Å². The molecule has 0 unspecified atom stereocenters. The highest BCUT2D eigenvalue weighted by molar-refractivity contribution is 5.91. The molecule has 3 N–H and O–H groups in total. The zero-order valence-electron chi connectivity index (χ0n) is 17.1. The lowest BCUT2D eigenvalue weighted by atomic mass is 9.86. The Bertz CT molecular complexity index is 957. The molecule has 4 rings (SSSR count). The van der Waals surface area contributed by atoms with Crippen LogP contribution in [0.2, 0.25) is 0 Å². The molecule has 29 heavy (non-hydrogen) atoms. The van der Waals surface area contributed by atoms with Crippen molar-refractivity contribution in [3.8, 4) is 11.3 Å². The van der Waals surface area contributed by atoms with E-state index >= 15 is 0 Å².